The number of rotatable bonds is 7. The van der Waals surface area contributed by atoms with Crippen molar-refractivity contribution in [1.29, 1.82) is 0 Å². The molecule has 0 unspecified atom stereocenters. The first-order valence-corrected chi connectivity index (χ1v) is 12.9. The van der Waals surface area contributed by atoms with E-state index in [1.54, 1.807) is 12.0 Å². The summed E-state index contributed by atoms with van der Waals surface area (Å²) in [5, 5.41) is 15.0. The number of aliphatic hydroxyl groups excluding tert-OH is 1. The maximum Gasteiger partial charge on any atom is 0.274 e. The van der Waals surface area contributed by atoms with Crippen LogP contribution in [0.2, 0.25) is 0 Å². The summed E-state index contributed by atoms with van der Waals surface area (Å²) >= 11 is 0. The molecule has 2 aromatic heterocycles. The van der Waals surface area contributed by atoms with Gasteiger partial charge in [-0.25, -0.2) is 4.98 Å². The minimum absolute atomic E-state index is 0.0829. The number of fused-ring (bicyclic) bond motifs is 1. The lowest BCUT2D eigenvalue weighted by Gasteiger charge is -2.31. The van der Waals surface area contributed by atoms with Crippen LogP contribution in [0.25, 0.3) is 0 Å². The van der Waals surface area contributed by atoms with Crippen molar-refractivity contribution in [3.63, 3.8) is 0 Å². The van der Waals surface area contributed by atoms with Gasteiger partial charge in [-0.3, -0.25) is 14.4 Å². The van der Waals surface area contributed by atoms with Gasteiger partial charge in [-0.05, 0) is 37.5 Å². The maximum atomic E-state index is 13.6. The number of amides is 1. The number of aromatic nitrogens is 4. The third-order valence-electron chi connectivity index (χ3n) is 7.31. The first-order chi connectivity index (χ1) is 17.4. The molecule has 0 bridgehead atoms. The molecule has 5 rings (SSSR count). The number of carbonyl (C=O) groups is 1. The van der Waals surface area contributed by atoms with Crippen molar-refractivity contribution < 1.29 is 14.6 Å². The number of aryl methyl sites for hydroxylation is 2. The Morgan fingerprint density at radius 3 is 2.89 bits per heavy atom. The molecule has 1 amide bonds. The fourth-order valence-corrected chi connectivity index (χ4v) is 5.31. The summed E-state index contributed by atoms with van der Waals surface area (Å²) in [7, 11) is 1.66. The molecule has 1 aromatic carbocycles. The van der Waals surface area contributed by atoms with Crippen molar-refractivity contribution in [3.8, 4) is 5.75 Å². The fourth-order valence-electron chi connectivity index (χ4n) is 5.31. The van der Waals surface area contributed by atoms with Crippen LogP contribution >= 0.6 is 0 Å². The number of H-pyrrole nitrogens is 1. The van der Waals surface area contributed by atoms with Crippen LogP contribution in [0.15, 0.2) is 24.3 Å². The number of hydrogen-bond donors (Lipinski definition) is 2. The van der Waals surface area contributed by atoms with E-state index in [9.17, 15) is 9.90 Å². The number of carbonyl (C=O) groups excluding carboxylic acids is 1. The van der Waals surface area contributed by atoms with Crippen LogP contribution in [0.4, 0.5) is 0 Å². The van der Waals surface area contributed by atoms with Crippen LogP contribution in [-0.4, -0.2) is 73.4 Å². The van der Waals surface area contributed by atoms with Gasteiger partial charge in [-0.15, -0.1) is 0 Å². The smallest absolute Gasteiger partial charge is 0.274 e. The number of likely N-dealkylation sites (tertiary alicyclic amines) is 1. The Kier molecular flexibility index (Phi) is 7.11. The average molecular weight is 493 g/mol. The fraction of sp³-hybridized carbons (Fsp3) is 0.519. The molecule has 1 atom stereocenters. The van der Waals surface area contributed by atoms with Gasteiger partial charge in [0.25, 0.3) is 5.91 Å². The highest BCUT2D eigenvalue weighted by Gasteiger charge is 2.32. The molecule has 4 heterocycles. The first kappa shape index (κ1) is 24.5. The molecule has 36 heavy (non-hydrogen) atoms. The van der Waals surface area contributed by atoms with Gasteiger partial charge >= 0.3 is 0 Å². The van der Waals surface area contributed by atoms with Crippen molar-refractivity contribution in [2.75, 3.05) is 26.7 Å². The Morgan fingerprint density at radius 1 is 1.28 bits per heavy atom. The van der Waals surface area contributed by atoms with Gasteiger partial charge in [0.15, 0.2) is 5.69 Å². The number of nitrogens with zero attached hydrogens (tertiary/aromatic N) is 5. The highest BCUT2D eigenvalue weighted by Crippen LogP contribution is 2.27. The van der Waals surface area contributed by atoms with Crippen molar-refractivity contribution in [3.05, 3.63) is 64.0 Å². The standard InChI is InChI=1S/C27H36N6O3/c1-4-25-28-18(2)23(29-25)17-31-12-10-24-22(16-31)26(27(35)32-11-6-8-20(34)15-32)30-33(24)14-19-7-5-9-21(13-19)36-3/h5,7,9,13,20,34H,4,6,8,10-12,14-17H2,1-3H3,(H,28,29)/t20-/m0/s1. The topological polar surface area (TPSA) is 99.5 Å². The van der Waals surface area contributed by atoms with Crippen LogP contribution < -0.4 is 4.74 Å². The van der Waals surface area contributed by atoms with Gasteiger partial charge in [0.1, 0.15) is 11.6 Å². The van der Waals surface area contributed by atoms with E-state index in [1.807, 2.05) is 22.9 Å². The highest BCUT2D eigenvalue weighted by molar-refractivity contribution is 5.94. The Bertz CT molecular complexity index is 1230. The van der Waals surface area contributed by atoms with Crippen LogP contribution in [0, 0.1) is 6.92 Å². The van der Waals surface area contributed by atoms with E-state index in [0.717, 1.165) is 78.6 Å². The number of piperidine rings is 1. The molecule has 1 saturated heterocycles. The molecule has 2 aliphatic rings. The molecule has 2 N–H and O–H groups in total. The van der Waals surface area contributed by atoms with Gasteiger partial charge in [0.2, 0.25) is 0 Å². The van der Waals surface area contributed by atoms with Crippen LogP contribution in [-0.2, 0) is 32.5 Å². The lowest BCUT2D eigenvalue weighted by Crippen LogP contribution is -2.43. The average Bonchev–Trinajstić information content (AvgIpc) is 3.43. The SMILES string of the molecule is CCc1nc(CN2CCc3c(c(C(=O)N4CCC[C@H](O)C4)nn3Cc3cccc(OC)c3)C2)c(C)[nH]1. The molecular formula is C27H36N6O3. The van der Waals surface area contributed by atoms with Crippen molar-refractivity contribution in [2.45, 2.75) is 65.3 Å². The van der Waals surface area contributed by atoms with E-state index in [-0.39, 0.29) is 5.91 Å². The van der Waals surface area contributed by atoms with Crippen molar-refractivity contribution >= 4 is 5.91 Å². The molecule has 0 radical (unpaired) electrons. The highest BCUT2D eigenvalue weighted by atomic mass is 16.5. The second kappa shape index (κ2) is 10.4. The second-order valence-electron chi connectivity index (χ2n) is 9.90. The molecule has 3 aromatic rings. The monoisotopic (exact) mass is 492 g/mol. The summed E-state index contributed by atoms with van der Waals surface area (Å²) in [6.07, 6.45) is 2.77. The number of ether oxygens (including phenoxy) is 1. The first-order valence-electron chi connectivity index (χ1n) is 12.9. The number of β-amino-alcohol motifs (C(OH)–C–C–N with tert-alkyl or cyclic N) is 1. The Hall–Kier alpha value is -3.17. The molecule has 9 heteroatoms. The van der Waals surface area contributed by atoms with Crippen LogP contribution in [0.1, 0.15) is 64.3 Å². The molecule has 9 nitrogen and oxygen atoms in total. The predicted octanol–water partition coefficient (Wildman–Crippen LogP) is 2.69. The predicted molar refractivity (Wildman–Crippen MR) is 136 cm³/mol. The molecule has 2 aliphatic heterocycles. The third-order valence-corrected chi connectivity index (χ3v) is 7.31. The summed E-state index contributed by atoms with van der Waals surface area (Å²) in [6, 6.07) is 7.97. The minimum Gasteiger partial charge on any atom is -0.497 e. The lowest BCUT2D eigenvalue weighted by molar-refractivity contribution is 0.0466. The largest absolute Gasteiger partial charge is 0.497 e. The quantitative estimate of drug-likeness (QED) is 0.526. The number of methoxy groups -OCH3 is 1. The van der Waals surface area contributed by atoms with E-state index < -0.39 is 6.10 Å². The van der Waals surface area contributed by atoms with Gasteiger partial charge < -0.3 is 19.7 Å². The summed E-state index contributed by atoms with van der Waals surface area (Å²) in [6.45, 7) is 8.03. The second-order valence-corrected chi connectivity index (χ2v) is 9.90. The molecule has 0 spiro atoms. The zero-order valence-corrected chi connectivity index (χ0v) is 21.5. The van der Waals surface area contributed by atoms with Gasteiger partial charge in [-0.2, -0.15) is 5.10 Å². The number of aliphatic hydroxyl groups is 1. The van der Waals surface area contributed by atoms with Gasteiger partial charge in [-0.1, -0.05) is 19.1 Å². The Morgan fingerprint density at radius 2 is 2.14 bits per heavy atom. The molecule has 192 valence electrons. The number of nitrogens with one attached hydrogen (secondary N) is 1. The minimum atomic E-state index is -0.468. The van der Waals surface area contributed by atoms with E-state index in [4.69, 9.17) is 14.8 Å². The lowest BCUT2D eigenvalue weighted by atomic mass is 10.0. The molecular weight excluding hydrogens is 456 g/mol. The normalized spacial score (nSPS) is 18.3. The van der Waals surface area contributed by atoms with Crippen LogP contribution in [0.3, 0.4) is 0 Å². The zero-order valence-electron chi connectivity index (χ0n) is 21.5. The molecule has 0 aliphatic carbocycles. The van der Waals surface area contributed by atoms with E-state index in [1.165, 1.54) is 0 Å². The van der Waals surface area contributed by atoms with Crippen LogP contribution in [0.5, 0.6) is 5.75 Å². The van der Waals surface area contributed by atoms with E-state index in [2.05, 4.69) is 29.8 Å². The molecule has 1 fully saturated rings. The maximum absolute atomic E-state index is 13.6. The van der Waals surface area contributed by atoms with Crippen molar-refractivity contribution in [1.82, 2.24) is 29.5 Å². The third kappa shape index (κ3) is 5.03. The Balaban J connectivity index is 1.45. The van der Waals surface area contributed by atoms with Gasteiger partial charge in [0.05, 0.1) is 25.5 Å². The summed E-state index contributed by atoms with van der Waals surface area (Å²) in [5.74, 6) is 1.73. The molecule has 0 saturated carbocycles. The number of hydrogen-bond acceptors (Lipinski definition) is 6. The number of imidazole rings is 1. The number of benzene rings is 1. The Labute approximate surface area is 212 Å². The summed E-state index contributed by atoms with van der Waals surface area (Å²) in [5.41, 5.74) is 5.87. The summed E-state index contributed by atoms with van der Waals surface area (Å²) in [4.78, 5) is 25.9. The number of aromatic amines is 1. The summed E-state index contributed by atoms with van der Waals surface area (Å²) < 4.78 is 7.39. The van der Waals surface area contributed by atoms with E-state index >= 15 is 0 Å². The van der Waals surface area contributed by atoms with Gasteiger partial charge in [0, 0.05) is 62.5 Å². The van der Waals surface area contributed by atoms with Crippen molar-refractivity contribution in [2.24, 2.45) is 0 Å². The van der Waals surface area contributed by atoms with E-state index in [0.29, 0.717) is 31.9 Å². The zero-order chi connectivity index (χ0) is 25.2.